The summed E-state index contributed by atoms with van der Waals surface area (Å²) in [6.45, 7) is 0. The number of nitrogens with one attached hydrogen (secondary N) is 1. The van der Waals surface area contributed by atoms with E-state index in [0.29, 0.717) is 11.5 Å². The maximum Gasteiger partial charge on any atom is 0.223 e. The molecule has 0 spiro atoms. The van der Waals surface area contributed by atoms with Crippen LogP contribution in [0.3, 0.4) is 0 Å². The lowest BCUT2D eigenvalue weighted by molar-refractivity contribution is 0.542. The minimum absolute atomic E-state index is 0.0370. The summed E-state index contributed by atoms with van der Waals surface area (Å²) in [6, 6.07) is 62.5. The molecule has 240 valence electrons. The molecule has 0 aliphatic heterocycles. The molecule has 0 amide bonds. The molecule has 0 radical (unpaired) electrons. The molecule has 0 aliphatic carbocycles. The minimum atomic E-state index is 0.0370. The second-order valence-corrected chi connectivity index (χ2v) is 12.0. The maximum absolute atomic E-state index is 8.75. The van der Waals surface area contributed by atoms with Gasteiger partial charge in [0.1, 0.15) is 0 Å². The molecular formula is C45H34N4O. The highest BCUT2D eigenvalue weighted by molar-refractivity contribution is 6.11. The topological polar surface area (TPSA) is 53.6 Å². The van der Waals surface area contributed by atoms with Crippen LogP contribution in [0.2, 0.25) is 0 Å². The zero-order valence-electron chi connectivity index (χ0n) is 27.6. The fourth-order valence-corrected chi connectivity index (χ4v) is 6.57. The highest BCUT2D eigenvalue weighted by atomic mass is 16.5. The van der Waals surface area contributed by atoms with E-state index in [1.54, 1.807) is 7.05 Å². The number of ether oxygens (including phenoxy) is 1. The molecule has 0 saturated carbocycles. The van der Waals surface area contributed by atoms with Gasteiger partial charge in [-0.25, -0.2) is 0 Å². The average molecular weight is 647 g/mol. The van der Waals surface area contributed by atoms with E-state index in [1.165, 1.54) is 16.3 Å². The Bertz CT molecular complexity index is 2450. The fraction of sp³-hybridized carbons (Fsp3) is 0.0222. The van der Waals surface area contributed by atoms with E-state index in [4.69, 9.17) is 10.1 Å². The third kappa shape index (κ3) is 5.82. The van der Waals surface area contributed by atoms with E-state index in [-0.39, 0.29) is 5.90 Å². The Balaban J connectivity index is 1.21. The first-order valence-electron chi connectivity index (χ1n) is 16.6. The van der Waals surface area contributed by atoms with Crippen molar-refractivity contribution in [2.45, 2.75) is 0 Å². The second-order valence-electron chi connectivity index (χ2n) is 12.0. The third-order valence-electron chi connectivity index (χ3n) is 8.97. The van der Waals surface area contributed by atoms with Crippen molar-refractivity contribution in [1.82, 2.24) is 4.57 Å². The van der Waals surface area contributed by atoms with Crippen molar-refractivity contribution < 1.29 is 4.74 Å². The van der Waals surface area contributed by atoms with Crippen molar-refractivity contribution in [3.63, 3.8) is 0 Å². The number of aliphatic imine (C=N–C) groups is 1. The van der Waals surface area contributed by atoms with Crippen LogP contribution in [0.5, 0.6) is 0 Å². The molecule has 8 rings (SSSR count). The number of rotatable bonds is 7. The number of hydrogen-bond donors (Lipinski definition) is 1. The first kappa shape index (κ1) is 30.6. The number of fused-ring (bicyclic) bond motifs is 3. The van der Waals surface area contributed by atoms with Gasteiger partial charge >= 0.3 is 0 Å². The highest BCUT2D eigenvalue weighted by Crippen LogP contribution is 2.40. The summed E-state index contributed by atoms with van der Waals surface area (Å²) < 4.78 is 8.27. The predicted octanol–water partition coefficient (Wildman–Crippen LogP) is 11.3. The Hall–Kier alpha value is -6.72. The summed E-state index contributed by atoms with van der Waals surface area (Å²) >= 11 is 0. The number of nitrogens with zero attached hydrogens (tertiary/aromatic N) is 3. The number of anilines is 3. The van der Waals surface area contributed by atoms with E-state index in [1.807, 2.05) is 60.7 Å². The molecule has 0 fully saturated rings. The molecule has 1 heterocycles. The van der Waals surface area contributed by atoms with Gasteiger partial charge in [-0.1, -0.05) is 97.1 Å². The number of hydrogen-bond acceptors (Lipinski definition) is 4. The lowest BCUT2D eigenvalue weighted by Crippen LogP contribution is -2.14. The Morgan fingerprint density at radius 3 is 1.74 bits per heavy atom. The Kier molecular flexibility index (Phi) is 8.21. The van der Waals surface area contributed by atoms with Gasteiger partial charge in [0, 0.05) is 51.7 Å². The molecule has 50 heavy (non-hydrogen) atoms. The smallest absolute Gasteiger partial charge is 0.223 e. The standard InChI is InChI=1S/C45H34N4O/c1-47-45(35-15-7-3-8-16-35)50-44(46)34-23-27-38(28-24-34)48(37-25-21-33(22-26-37)32-13-5-2-6-14-32)39-29-30-43-41(31-39)40-19-11-12-20-42(40)49(43)36-17-9-4-10-18-36/h2-31,46H,1H3/b46-44?,47-45-. The molecule has 0 aliphatic rings. The maximum atomic E-state index is 8.75. The van der Waals surface area contributed by atoms with Crippen LogP contribution in [0.25, 0.3) is 38.6 Å². The summed E-state index contributed by atoms with van der Waals surface area (Å²) in [4.78, 5) is 6.55. The molecule has 1 aromatic heterocycles. The SMILES string of the molecule is C/N=C(\OC(=N)c1ccc(N(c2ccc(-c3ccccc3)cc2)c2ccc3c(c2)c2ccccc2n3-c2ccccc2)cc1)c1ccccc1. The van der Waals surface area contributed by atoms with Gasteiger partial charge in [0.05, 0.1) is 11.0 Å². The monoisotopic (exact) mass is 646 g/mol. The van der Waals surface area contributed by atoms with Crippen LogP contribution in [0.4, 0.5) is 17.1 Å². The van der Waals surface area contributed by atoms with Crippen molar-refractivity contribution in [3.8, 4) is 16.8 Å². The van der Waals surface area contributed by atoms with Crippen molar-refractivity contribution in [2.75, 3.05) is 11.9 Å². The lowest BCUT2D eigenvalue weighted by Gasteiger charge is -2.26. The summed E-state index contributed by atoms with van der Waals surface area (Å²) in [6.07, 6.45) is 0. The van der Waals surface area contributed by atoms with Gasteiger partial charge in [-0.3, -0.25) is 10.4 Å². The first-order valence-corrected chi connectivity index (χ1v) is 16.6. The van der Waals surface area contributed by atoms with Gasteiger partial charge in [0.2, 0.25) is 11.8 Å². The molecule has 5 heteroatoms. The predicted molar refractivity (Wildman–Crippen MR) is 208 cm³/mol. The van der Waals surface area contributed by atoms with Crippen molar-refractivity contribution in [1.29, 1.82) is 5.41 Å². The molecule has 5 nitrogen and oxygen atoms in total. The van der Waals surface area contributed by atoms with Gasteiger partial charge in [-0.05, 0) is 96.1 Å². The highest BCUT2D eigenvalue weighted by Gasteiger charge is 2.18. The van der Waals surface area contributed by atoms with Gasteiger partial charge in [-0.15, -0.1) is 0 Å². The fourth-order valence-electron chi connectivity index (χ4n) is 6.57. The quantitative estimate of drug-likeness (QED) is 0.138. The van der Waals surface area contributed by atoms with Crippen LogP contribution in [0, 0.1) is 5.41 Å². The third-order valence-corrected chi connectivity index (χ3v) is 8.97. The zero-order chi connectivity index (χ0) is 33.9. The molecule has 8 aromatic rings. The van der Waals surface area contributed by atoms with Crippen molar-refractivity contribution in [2.24, 2.45) is 4.99 Å². The van der Waals surface area contributed by atoms with Crippen molar-refractivity contribution >= 4 is 50.7 Å². The average Bonchev–Trinajstić information content (AvgIpc) is 3.52. The molecule has 0 atom stereocenters. The second kappa shape index (κ2) is 13.4. The molecule has 1 N–H and O–H groups in total. The Morgan fingerprint density at radius 2 is 1.06 bits per heavy atom. The number of aromatic nitrogens is 1. The minimum Gasteiger partial charge on any atom is -0.420 e. The van der Waals surface area contributed by atoms with Crippen LogP contribution in [0.15, 0.2) is 187 Å². The van der Waals surface area contributed by atoms with Crippen LogP contribution in [-0.4, -0.2) is 23.4 Å². The molecule has 0 saturated heterocycles. The summed E-state index contributed by atoms with van der Waals surface area (Å²) in [7, 11) is 1.67. The zero-order valence-corrected chi connectivity index (χ0v) is 27.6. The van der Waals surface area contributed by atoms with Crippen LogP contribution in [-0.2, 0) is 4.74 Å². The molecule has 0 bridgehead atoms. The Morgan fingerprint density at radius 1 is 0.520 bits per heavy atom. The van der Waals surface area contributed by atoms with E-state index >= 15 is 0 Å². The lowest BCUT2D eigenvalue weighted by atomic mass is 10.0. The largest absolute Gasteiger partial charge is 0.420 e. The van der Waals surface area contributed by atoms with Crippen LogP contribution >= 0.6 is 0 Å². The van der Waals surface area contributed by atoms with Gasteiger partial charge < -0.3 is 14.2 Å². The molecule has 0 unspecified atom stereocenters. The van der Waals surface area contributed by atoms with Crippen LogP contribution in [0.1, 0.15) is 11.1 Å². The number of para-hydroxylation sites is 2. The van der Waals surface area contributed by atoms with Crippen LogP contribution < -0.4 is 4.90 Å². The Labute approximate surface area is 291 Å². The van der Waals surface area contributed by atoms with E-state index in [0.717, 1.165) is 44.9 Å². The summed E-state index contributed by atoms with van der Waals surface area (Å²) in [5.74, 6) is 0.442. The summed E-state index contributed by atoms with van der Waals surface area (Å²) in [5, 5.41) is 11.1. The van der Waals surface area contributed by atoms with Crippen molar-refractivity contribution in [3.05, 3.63) is 193 Å². The van der Waals surface area contributed by atoms with Gasteiger partial charge in [0.25, 0.3) is 0 Å². The van der Waals surface area contributed by atoms with E-state index in [9.17, 15) is 0 Å². The first-order chi connectivity index (χ1) is 24.7. The molecule has 7 aromatic carbocycles. The van der Waals surface area contributed by atoms with Gasteiger partial charge in [0.15, 0.2) is 0 Å². The molecular weight excluding hydrogens is 613 g/mol. The summed E-state index contributed by atoms with van der Waals surface area (Å²) in [5.41, 5.74) is 10.3. The number of benzene rings is 7. The normalized spacial score (nSPS) is 11.5. The van der Waals surface area contributed by atoms with E-state index < -0.39 is 0 Å². The van der Waals surface area contributed by atoms with E-state index in [2.05, 4.69) is 136 Å². The van der Waals surface area contributed by atoms with Gasteiger partial charge in [-0.2, -0.15) is 0 Å².